The molecular formula is C12H22. The van der Waals surface area contributed by atoms with Crippen molar-refractivity contribution in [2.75, 3.05) is 0 Å². The molecule has 0 radical (unpaired) electrons. The van der Waals surface area contributed by atoms with Gasteiger partial charge in [0.15, 0.2) is 0 Å². The van der Waals surface area contributed by atoms with Gasteiger partial charge in [-0.1, -0.05) is 26.7 Å². The van der Waals surface area contributed by atoms with Crippen LogP contribution in [0.3, 0.4) is 0 Å². The van der Waals surface area contributed by atoms with Crippen LogP contribution in [0.1, 0.15) is 52.4 Å². The van der Waals surface area contributed by atoms with Gasteiger partial charge in [-0.25, -0.2) is 0 Å². The van der Waals surface area contributed by atoms with Gasteiger partial charge < -0.3 is 0 Å². The summed E-state index contributed by atoms with van der Waals surface area (Å²) in [5, 5.41) is 0. The minimum Gasteiger partial charge on any atom is -0.0651 e. The van der Waals surface area contributed by atoms with E-state index in [-0.39, 0.29) is 0 Å². The summed E-state index contributed by atoms with van der Waals surface area (Å²) in [4.78, 5) is 0. The molecule has 0 aromatic rings. The lowest BCUT2D eigenvalue weighted by atomic mass is 9.67. The first-order valence-corrected chi connectivity index (χ1v) is 5.79. The Hall–Kier alpha value is 0. The topological polar surface area (TPSA) is 0 Å². The molecule has 2 unspecified atom stereocenters. The Kier molecular flexibility index (Phi) is 2.43. The molecule has 0 aromatic heterocycles. The van der Waals surface area contributed by atoms with Gasteiger partial charge in [-0.2, -0.15) is 0 Å². The zero-order valence-electron chi connectivity index (χ0n) is 8.55. The zero-order valence-corrected chi connectivity index (χ0v) is 8.55. The van der Waals surface area contributed by atoms with Gasteiger partial charge >= 0.3 is 0 Å². The molecular weight excluding hydrogens is 144 g/mol. The molecule has 2 aliphatic rings. The van der Waals surface area contributed by atoms with E-state index in [0.29, 0.717) is 0 Å². The summed E-state index contributed by atoms with van der Waals surface area (Å²) in [5.74, 6) is 4.41. The minimum atomic E-state index is 1.04. The van der Waals surface area contributed by atoms with E-state index in [1.165, 1.54) is 12.8 Å². The monoisotopic (exact) mass is 166 g/mol. The first kappa shape index (κ1) is 8.59. The fourth-order valence-corrected chi connectivity index (χ4v) is 3.18. The number of hydrogen-bond acceptors (Lipinski definition) is 0. The third-order valence-electron chi connectivity index (χ3n) is 4.25. The standard InChI is InChI=1S/C12H22/c1-3-10-7-12(8-10)11-5-4-9(2)6-11/h9-12H,3-8H2,1-2H3. The highest BCUT2D eigenvalue weighted by molar-refractivity contribution is 4.87. The molecule has 0 amide bonds. The summed E-state index contributed by atoms with van der Waals surface area (Å²) >= 11 is 0. The zero-order chi connectivity index (χ0) is 8.55. The smallest absolute Gasteiger partial charge is 0.0380 e. The average Bonchev–Trinajstić information content (AvgIpc) is 2.34. The molecule has 0 spiro atoms. The molecule has 2 rings (SSSR count). The Balaban J connectivity index is 1.74. The fourth-order valence-electron chi connectivity index (χ4n) is 3.18. The predicted molar refractivity (Wildman–Crippen MR) is 53.0 cm³/mol. The first-order valence-electron chi connectivity index (χ1n) is 5.79. The van der Waals surface area contributed by atoms with Crippen LogP contribution in [0.5, 0.6) is 0 Å². The maximum atomic E-state index is 2.43. The molecule has 0 nitrogen and oxygen atoms in total. The Morgan fingerprint density at radius 1 is 1.00 bits per heavy atom. The van der Waals surface area contributed by atoms with E-state index in [2.05, 4.69) is 13.8 Å². The van der Waals surface area contributed by atoms with Crippen molar-refractivity contribution in [3.63, 3.8) is 0 Å². The van der Waals surface area contributed by atoms with Gasteiger partial charge in [0.1, 0.15) is 0 Å². The van der Waals surface area contributed by atoms with Crippen LogP contribution in [-0.2, 0) is 0 Å². The van der Waals surface area contributed by atoms with E-state index in [1.54, 1.807) is 25.7 Å². The molecule has 2 aliphatic carbocycles. The van der Waals surface area contributed by atoms with Crippen LogP contribution in [0.15, 0.2) is 0 Å². The summed E-state index contributed by atoms with van der Waals surface area (Å²) in [6, 6.07) is 0. The van der Waals surface area contributed by atoms with E-state index in [9.17, 15) is 0 Å². The van der Waals surface area contributed by atoms with E-state index >= 15 is 0 Å². The number of hydrogen-bond donors (Lipinski definition) is 0. The predicted octanol–water partition coefficient (Wildman–Crippen LogP) is 3.86. The fraction of sp³-hybridized carbons (Fsp3) is 1.00. The molecule has 2 saturated carbocycles. The lowest BCUT2D eigenvalue weighted by molar-refractivity contribution is 0.121. The first-order chi connectivity index (χ1) is 5.79. The molecule has 70 valence electrons. The highest BCUT2D eigenvalue weighted by atomic mass is 14.4. The Bertz CT molecular complexity index is 144. The Labute approximate surface area is 76.7 Å². The largest absolute Gasteiger partial charge is 0.0651 e. The lowest BCUT2D eigenvalue weighted by Gasteiger charge is -2.39. The summed E-state index contributed by atoms with van der Waals surface area (Å²) in [6.45, 7) is 4.77. The Morgan fingerprint density at radius 3 is 2.25 bits per heavy atom. The highest BCUT2D eigenvalue weighted by Crippen LogP contribution is 2.47. The second-order valence-electron chi connectivity index (χ2n) is 5.18. The molecule has 0 N–H and O–H groups in total. The van der Waals surface area contributed by atoms with Crippen molar-refractivity contribution in [3.8, 4) is 0 Å². The molecule has 2 atom stereocenters. The molecule has 0 bridgehead atoms. The summed E-state index contributed by atoms with van der Waals surface area (Å²) < 4.78 is 0. The lowest BCUT2D eigenvalue weighted by Crippen LogP contribution is -2.28. The third-order valence-corrected chi connectivity index (χ3v) is 4.25. The van der Waals surface area contributed by atoms with Crippen molar-refractivity contribution < 1.29 is 0 Å². The molecule has 0 heteroatoms. The van der Waals surface area contributed by atoms with Crippen molar-refractivity contribution in [1.29, 1.82) is 0 Å². The third kappa shape index (κ3) is 1.53. The van der Waals surface area contributed by atoms with Crippen molar-refractivity contribution in [2.24, 2.45) is 23.7 Å². The normalized spacial score (nSPS) is 47.5. The van der Waals surface area contributed by atoms with Gasteiger partial charge in [0.05, 0.1) is 0 Å². The van der Waals surface area contributed by atoms with Gasteiger partial charge in [0.25, 0.3) is 0 Å². The quantitative estimate of drug-likeness (QED) is 0.584. The molecule has 12 heavy (non-hydrogen) atoms. The SMILES string of the molecule is CCC1CC(C2CCC(C)C2)C1. The summed E-state index contributed by atoms with van der Waals surface area (Å²) in [5.41, 5.74) is 0. The van der Waals surface area contributed by atoms with E-state index in [1.807, 2.05) is 0 Å². The molecule has 0 aliphatic heterocycles. The maximum Gasteiger partial charge on any atom is -0.0380 e. The summed E-state index contributed by atoms with van der Waals surface area (Å²) in [6.07, 6.45) is 9.15. The van der Waals surface area contributed by atoms with E-state index in [0.717, 1.165) is 23.7 Å². The second-order valence-corrected chi connectivity index (χ2v) is 5.18. The minimum absolute atomic E-state index is 1.04. The number of rotatable bonds is 2. The van der Waals surface area contributed by atoms with Crippen LogP contribution in [0.2, 0.25) is 0 Å². The van der Waals surface area contributed by atoms with Crippen LogP contribution >= 0.6 is 0 Å². The Morgan fingerprint density at radius 2 is 1.75 bits per heavy atom. The average molecular weight is 166 g/mol. The van der Waals surface area contributed by atoms with Crippen LogP contribution in [0.4, 0.5) is 0 Å². The molecule has 0 heterocycles. The van der Waals surface area contributed by atoms with Gasteiger partial charge in [0.2, 0.25) is 0 Å². The van der Waals surface area contributed by atoms with Crippen molar-refractivity contribution >= 4 is 0 Å². The van der Waals surface area contributed by atoms with E-state index in [4.69, 9.17) is 0 Å². The van der Waals surface area contributed by atoms with Crippen molar-refractivity contribution in [3.05, 3.63) is 0 Å². The van der Waals surface area contributed by atoms with Gasteiger partial charge in [0, 0.05) is 0 Å². The second kappa shape index (κ2) is 3.40. The van der Waals surface area contributed by atoms with Gasteiger partial charge in [-0.3, -0.25) is 0 Å². The van der Waals surface area contributed by atoms with Crippen LogP contribution < -0.4 is 0 Å². The highest BCUT2D eigenvalue weighted by Gasteiger charge is 2.36. The van der Waals surface area contributed by atoms with Gasteiger partial charge in [-0.05, 0) is 49.4 Å². The maximum absolute atomic E-state index is 2.43. The van der Waals surface area contributed by atoms with Crippen molar-refractivity contribution in [2.45, 2.75) is 52.4 Å². The van der Waals surface area contributed by atoms with Gasteiger partial charge in [-0.15, -0.1) is 0 Å². The van der Waals surface area contributed by atoms with E-state index < -0.39 is 0 Å². The summed E-state index contributed by atoms with van der Waals surface area (Å²) in [7, 11) is 0. The van der Waals surface area contributed by atoms with Crippen LogP contribution in [-0.4, -0.2) is 0 Å². The molecule has 2 fully saturated rings. The molecule has 0 saturated heterocycles. The van der Waals surface area contributed by atoms with Crippen LogP contribution in [0, 0.1) is 23.7 Å². The molecule has 0 aromatic carbocycles. The van der Waals surface area contributed by atoms with Crippen LogP contribution in [0.25, 0.3) is 0 Å². The van der Waals surface area contributed by atoms with Crippen molar-refractivity contribution in [1.82, 2.24) is 0 Å².